The minimum absolute atomic E-state index is 0. The first-order valence-corrected chi connectivity index (χ1v) is 14.0. The number of β-amino-alcohol motifs (C(OH)–C–C–N with tert-alkyl or cyclic N) is 1. The number of rotatable bonds is 7. The van der Waals surface area contributed by atoms with E-state index >= 15 is 4.39 Å². The first kappa shape index (κ1) is 30.6. The van der Waals surface area contributed by atoms with Crippen molar-refractivity contribution in [2.24, 2.45) is 0 Å². The molecule has 0 aliphatic carbocycles. The molecule has 2 unspecified atom stereocenters. The first-order chi connectivity index (χ1) is 18.4. The molecule has 0 bridgehead atoms. The molecule has 2 fully saturated rings. The third-order valence-electron chi connectivity index (χ3n) is 7.59. The Morgan fingerprint density at radius 2 is 1.98 bits per heavy atom. The highest BCUT2D eigenvalue weighted by Gasteiger charge is 2.24. The van der Waals surface area contributed by atoms with Crippen LogP contribution in [-0.2, 0) is 0 Å². The molecule has 216 valence electrons. The van der Waals surface area contributed by atoms with Crippen LogP contribution in [0, 0.1) is 5.82 Å². The summed E-state index contributed by atoms with van der Waals surface area (Å²) in [4.78, 5) is 20.3. The number of carbonyl (C=O) groups is 1. The van der Waals surface area contributed by atoms with Crippen molar-refractivity contribution in [3.63, 3.8) is 0 Å². The molecule has 2 aliphatic heterocycles. The number of aromatic nitrogens is 2. The van der Waals surface area contributed by atoms with Crippen LogP contribution in [0.1, 0.15) is 47.6 Å². The van der Waals surface area contributed by atoms with Gasteiger partial charge in [0.1, 0.15) is 12.0 Å². The van der Waals surface area contributed by atoms with Crippen molar-refractivity contribution in [3.8, 4) is 11.3 Å². The number of imidazole rings is 1. The Balaban J connectivity index is 0.00000185. The molecule has 6 rings (SSSR count). The molecule has 2 aromatic heterocycles. The van der Waals surface area contributed by atoms with Crippen LogP contribution in [-0.4, -0.2) is 70.3 Å². The van der Waals surface area contributed by atoms with Crippen molar-refractivity contribution in [3.05, 3.63) is 59.5 Å². The zero-order chi connectivity index (χ0) is 26.2. The van der Waals surface area contributed by atoms with Crippen molar-refractivity contribution in [1.82, 2.24) is 24.9 Å². The van der Waals surface area contributed by atoms with Gasteiger partial charge in [0.15, 0.2) is 4.96 Å². The topological polar surface area (TPSA) is 81.9 Å². The number of alkyl halides is 1. The van der Waals surface area contributed by atoms with Crippen LogP contribution in [0.4, 0.5) is 8.78 Å². The Morgan fingerprint density at radius 3 is 2.70 bits per heavy atom. The maximum absolute atomic E-state index is 15.0. The van der Waals surface area contributed by atoms with Crippen molar-refractivity contribution in [2.45, 2.75) is 44.0 Å². The monoisotopic (exact) mass is 611 g/mol. The molecule has 2 saturated heterocycles. The summed E-state index contributed by atoms with van der Waals surface area (Å²) in [5.74, 6) is -0.459. The average Bonchev–Trinajstić information content (AvgIpc) is 3.61. The van der Waals surface area contributed by atoms with Gasteiger partial charge >= 0.3 is 0 Å². The molecular weight excluding hydrogens is 579 g/mol. The molecule has 0 spiro atoms. The highest BCUT2D eigenvalue weighted by atomic mass is 35.5. The molecule has 7 nitrogen and oxygen atoms in total. The number of likely N-dealkylation sites (tertiary alicyclic amines) is 1. The second-order valence-electron chi connectivity index (χ2n) is 10.3. The molecule has 2 aromatic carbocycles. The number of aliphatic hydroxyl groups is 1. The fourth-order valence-corrected chi connectivity index (χ4v) is 6.48. The van der Waals surface area contributed by atoms with Gasteiger partial charge in [0, 0.05) is 49.5 Å². The Bertz CT molecular complexity index is 1470. The predicted octanol–water partition coefficient (Wildman–Crippen LogP) is 5.15. The van der Waals surface area contributed by atoms with Gasteiger partial charge in [-0.05, 0) is 68.1 Å². The number of hydrogen-bond donors (Lipinski definition) is 3. The van der Waals surface area contributed by atoms with E-state index in [1.807, 2.05) is 28.8 Å². The van der Waals surface area contributed by atoms with Gasteiger partial charge in [0.2, 0.25) is 0 Å². The summed E-state index contributed by atoms with van der Waals surface area (Å²) in [6.07, 6.45) is 3.36. The maximum atomic E-state index is 15.0. The first-order valence-electron chi connectivity index (χ1n) is 13.2. The number of halogens is 4. The van der Waals surface area contributed by atoms with Gasteiger partial charge in [0.25, 0.3) is 5.91 Å². The highest BCUT2D eigenvalue weighted by Crippen LogP contribution is 2.33. The van der Waals surface area contributed by atoms with Gasteiger partial charge in [-0.25, -0.2) is 13.8 Å². The number of nitrogens with zero attached hydrogens (tertiary/aromatic N) is 3. The number of carbonyl (C=O) groups excluding carboxylic acids is 1. The normalized spacial score (nSPS) is 20.0. The quantitative estimate of drug-likeness (QED) is 0.252. The van der Waals surface area contributed by atoms with E-state index in [4.69, 9.17) is 0 Å². The molecule has 1 amide bonds. The number of aliphatic hydroxyl groups excluding tert-OH is 1. The lowest BCUT2D eigenvalue weighted by Gasteiger charge is -2.28. The molecule has 0 radical (unpaired) electrons. The van der Waals surface area contributed by atoms with Crippen LogP contribution >= 0.6 is 36.2 Å². The van der Waals surface area contributed by atoms with Gasteiger partial charge in [0.05, 0.1) is 22.0 Å². The highest BCUT2D eigenvalue weighted by molar-refractivity contribution is 7.23. The third kappa shape index (κ3) is 6.42. The summed E-state index contributed by atoms with van der Waals surface area (Å²) in [5, 5.41) is 16.0. The Morgan fingerprint density at radius 1 is 1.18 bits per heavy atom. The lowest BCUT2D eigenvalue weighted by Crippen LogP contribution is -2.36. The number of hydrogen-bond acceptors (Lipinski definition) is 6. The Hall–Kier alpha value is -2.34. The predicted molar refractivity (Wildman–Crippen MR) is 159 cm³/mol. The van der Waals surface area contributed by atoms with Crippen LogP contribution in [0.15, 0.2) is 42.6 Å². The minimum atomic E-state index is -0.670. The average molecular weight is 613 g/mol. The molecule has 4 aromatic rings. The van der Waals surface area contributed by atoms with E-state index in [1.165, 1.54) is 17.4 Å². The van der Waals surface area contributed by atoms with Gasteiger partial charge in [-0.15, -0.1) is 24.8 Å². The zero-order valence-electron chi connectivity index (χ0n) is 21.8. The van der Waals surface area contributed by atoms with E-state index in [0.717, 1.165) is 46.8 Å². The van der Waals surface area contributed by atoms with Crippen LogP contribution < -0.4 is 10.6 Å². The van der Waals surface area contributed by atoms with Crippen molar-refractivity contribution >= 4 is 57.2 Å². The largest absolute Gasteiger partial charge is 0.392 e. The molecule has 2 atom stereocenters. The molecule has 2 aliphatic rings. The van der Waals surface area contributed by atoms with E-state index in [-0.39, 0.29) is 42.6 Å². The number of thiazole rings is 1. The SMILES string of the molecule is Cl.Cl.O=C(NCCCN1CCC(F)CC1)c1ccc2c(c1)sc1nc(-c3ccc(C4CC(O)CN4)cc3F)cn12. The Labute approximate surface area is 247 Å². The lowest BCUT2D eigenvalue weighted by atomic mass is 10.0. The smallest absolute Gasteiger partial charge is 0.251 e. The van der Waals surface area contributed by atoms with E-state index in [1.54, 1.807) is 12.1 Å². The van der Waals surface area contributed by atoms with Crippen LogP contribution in [0.2, 0.25) is 0 Å². The standard InChI is InChI=1S/C28H31F2N5O2S.2ClH/c29-19-6-10-34(11-7-19)9-1-8-31-27(37)18-3-5-25-26(13-18)38-28-33-24(16-35(25)28)21-4-2-17(12-22(21)30)23-14-20(36)15-32-23;;/h2-5,12-13,16,19-20,23,32,36H,1,6-11,14-15H2,(H,31,37);2*1H. The van der Waals surface area contributed by atoms with Gasteiger partial charge in [-0.1, -0.05) is 17.4 Å². The summed E-state index contributed by atoms with van der Waals surface area (Å²) < 4.78 is 31.2. The summed E-state index contributed by atoms with van der Waals surface area (Å²) in [5.41, 5.74) is 3.31. The van der Waals surface area contributed by atoms with Crippen molar-refractivity contribution < 1.29 is 18.7 Å². The maximum Gasteiger partial charge on any atom is 0.251 e. The van der Waals surface area contributed by atoms with Gasteiger partial charge in [-0.2, -0.15) is 0 Å². The van der Waals surface area contributed by atoms with Crippen LogP contribution in [0.25, 0.3) is 26.4 Å². The summed E-state index contributed by atoms with van der Waals surface area (Å²) >= 11 is 1.46. The fourth-order valence-electron chi connectivity index (χ4n) is 5.43. The zero-order valence-corrected chi connectivity index (χ0v) is 24.3. The van der Waals surface area contributed by atoms with Gasteiger partial charge in [-0.3, -0.25) is 9.20 Å². The van der Waals surface area contributed by atoms with Crippen LogP contribution in [0.3, 0.4) is 0 Å². The molecule has 3 N–H and O–H groups in total. The second kappa shape index (κ2) is 13.1. The number of nitrogens with one attached hydrogen (secondary N) is 2. The third-order valence-corrected chi connectivity index (χ3v) is 8.61. The summed E-state index contributed by atoms with van der Waals surface area (Å²) in [7, 11) is 0. The second-order valence-corrected chi connectivity index (χ2v) is 11.3. The number of fused-ring (bicyclic) bond motifs is 3. The van der Waals surface area contributed by atoms with E-state index in [0.29, 0.717) is 49.2 Å². The van der Waals surface area contributed by atoms with E-state index < -0.39 is 12.3 Å². The molecule has 0 saturated carbocycles. The van der Waals surface area contributed by atoms with Crippen LogP contribution in [0.5, 0.6) is 0 Å². The summed E-state index contributed by atoms with van der Waals surface area (Å²) in [6, 6.07) is 10.7. The number of piperidine rings is 1. The van der Waals surface area contributed by atoms with E-state index in [2.05, 4.69) is 20.5 Å². The van der Waals surface area contributed by atoms with Crippen molar-refractivity contribution in [1.29, 1.82) is 0 Å². The number of benzene rings is 2. The number of amides is 1. The molecule has 12 heteroatoms. The fraction of sp³-hybridized carbons (Fsp3) is 0.429. The minimum Gasteiger partial charge on any atom is -0.392 e. The van der Waals surface area contributed by atoms with Gasteiger partial charge < -0.3 is 20.6 Å². The summed E-state index contributed by atoms with van der Waals surface area (Å²) in [6.45, 7) is 3.53. The molecule has 4 heterocycles. The van der Waals surface area contributed by atoms with E-state index in [9.17, 15) is 14.3 Å². The Kier molecular flexibility index (Phi) is 10.0. The van der Waals surface area contributed by atoms with Crippen molar-refractivity contribution in [2.75, 3.05) is 32.7 Å². The lowest BCUT2D eigenvalue weighted by molar-refractivity contribution is 0.0950. The molecule has 40 heavy (non-hydrogen) atoms. The molecular formula is C28H33Cl2F2N5O2S.